The molecule has 132 valence electrons. The normalized spacial score (nSPS) is 11.2. The number of rotatable bonds is 5. The first-order valence-electron chi connectivity index (χ1n) is 8.64. The molecule has 0 saturated carbocycles. The number of aromatic amines is 1. The monoisotopic (exact) mass is 339 g/mol. The van der Waals surface area contributed by atoms with E-state index in [1.807, 2.05) is 11.5 Å². The van der Waals surface area contributed by atoms with Crippen molar-refractivity contribution >= 4 is 16.8 Å². The van der Waals surface area contributed by atoms with Crippen molar-refractivity contribution in [3.63, 3.8) is 0 Å². The molecule has 0 aliphatic carbocycles. The maximum atomic E-state index is 13.0. The minimum Gasteiger partial charge on any atom is -0.350 e. The maximum Gasteiger partial charge on any atom is 0.270 e. The van der Waals surface area contributed by atoms with Crippen molar-refractivity contribution in [2.45, 2.75) is 47.2 Å². The van der Waals surface area contributed by atoms with Gasteiger partial charge in [0.2, 0.25) is 0 Å². The van der Waals surface area contributed by atoms with Crippen LogP contribution in [0, 0.1) is 20.8 Å². The molecule has 0 aliphatic rings. The number of hydrogen-bond donors (Lipinski definition) is 1. The van der Waals surface area contributed by atoms with Crippen LogP contribution in [0.2, 0.25) is 0 Å². The van der Waals surface area contributed by atoms with Gasteiger partial charge in [0.25, 0.3) is 5.91 Å². The topological polar surface area (TPSA) is 66.8 Å². The number of amides is 1. The summed E-state index contributed by atoms with van der Waals surface area (Å²) in [6.07, 6.45) is 2.72. The van der Waals surface area contributed by atoms with E-state index in [2.05, 4.69) is 48.1 Å². The van der Waals surface area contributed by atoms with Crippen LogP contribution in [0.25, 0.3) is 10.9 Å². The Labute approximate surface area is 147 Å². The molecule has 6 heteroatoms. The Morgan fingerprint density at radius 1 is 1.28 bits per heavy atom. The molecule has 1 aromatic carbocycles. The van der Waals surface area contributed by atoms with Crippen molar-refractivity contribution in [2.75, 3.05) is 7.05 Å². The highest BCUT2D eigenvalue weighted by atomic mass is 16.2. The number of carbonyl (C=O) groups excluding carboxylic acids is 1. The van der Waals surface area contributed by atoms with Crippen LogP contribution in [-0.4, -0.2) is 37.6 Å². The van der Waals surface area contributed by atoms with Crippen LogP contribution in [-0.2, 0) is 13.1 Å². The van der Waals surface area contributed by atoms with E-state index in [4.69, 9.17) is 0 Å². The summed E-state index contributed by atoms with van der Waals surface area (Å²) in [7, 11) is 1.80. The number of aromatic nitrogens is 4. The van der Waals surface area contributed by atoms with Crippen molar-refractivity contribution in [3.8, 4) is 0 Å². The van der Waals surface area contributed by atoms with Crippen molar-refractivity contribution in [1.29, 1.82) is 0 Å². The average molecular weight is 339 g/mol. The number of benzene rings is 1. The fourth-order valence-electron chi connectivity index (χ4n) is 3.30. The molecule has 2 aromatic heterocycles. The molecule has 2 heterocycles. The van der Waals surface area contributed by atoms with Crippen LogP contribution < -0.4 is 0 Å². The van der Waals surface area contributed by atoms with Crippen molar-refractivity contribution < 1.29 is 4.79 Å². The lowest BCUT2D eigenvalue weighted by Gasteiger charge is -2.17. The summed E-state index contributed by atoms with van der Waals surface area (Å²) in [5.74, 6) is 0.773. The summed E-state index contributed by atoms with van der Waals surface area (Å²) in [5, 5.41) is 9.23. The van der Waals surface area contributed by atoms with Gasteiger partial charge in [-0.15, -0.1) is 10.2 Å². The zero-order chi connectivity index (χ0) is 18.1. The van der Waals surface area contributed by atoms with Gasteiger partial charge >= 0.3 is 0 Å². The SMILES string of the molecule is CCCn1cnnc1CN(C)C(=O)c1[nH]c2c(C)cc(C)cc2c1C. The molecular weight excluding hydrogens is 314 g/mol. The largest absolute Gasteiger partial charge is 0.350 e. The second-order valence-electron chi connectivity index (χ2n) is 6.73. The Morgan fingerprint density at radius 2 is 2.04 bits per heavy atom. The molecule has 1 N–H and O–H groups in total. The first-order chi connectivity index (χ1) is 11.9. The molecule has 1 amide bonds. The Bertz CT molecular complexity index is 921. The highest BCUT2D eigenvalue weighted by Gasteiger charge is 2.20. The molecule has 0 saturated heterocycles. The summed E-state index contributed by atoms with van der Waals surface area (Å²) in [4.78, 5) is 18.0. The number of fused-ring (bicyclic) bond motifs is 1. The second kappa shape index (κ2) is 6.70. The van der Waals surface area contributed by atoms with Crippen molar-refractivity contribution in [1.82, 2.24) is 24.6 Å². The van der Waals surface area contributed by atoms with Crippen LogP contribution in [0.4, 0.5) is 0 Å². The van der Waals surface area contributed by atoms with Gasteiger partial charge in [-0.2, -0.15) is 0 Å². The van der Waals surface area contributed by atoms with Crippen LogP contribution in [0.1, 0.15) is 46.3 Å². The van der Waals surface area contributed by atoms with Crippen LogP contribution in [0.5, 0.6) is 0 Å². The van der Waals surface area contributed by atoms with Crippen LogP contribution >= 0.6 is 0 Å². The lowest BCUT2D eigenvalue weighted by atomic mass is 10.1. The highest BCUT2D eigenvalue weighted by molar-refractivity contribution is 6.01. The molecule has 3 rings (SSSR count). The van der Waals surface area contributed by atoms with Gasteiger partial charge in [0.1, 0.15) is 12.0 Å². The first-order valence-corrected chi connectivity index (χ1v) is 8.64. The lowest BCUT2D eigenvalue weighted by molar-refractivity contribution is 0.0774. The summed E-state index contributed by atoms with van der Waals surface area (Å²) >= 11 is 0. The molecule has 0 atom stereocenters. The predicted octanol–water partition coefficient (Wildman–Crippen LogP) is 3.37. The third-order valence-corrected chi connectivity index (χ3v) is 4.61. The summed E-state index contributed by atoms with van der Waals surface area (Å²) in [6, 6.07) is 4.26. The quantitative estimate of drug-likeness (QED) is 0.775. The fraction of sp³-hybridized carbons (Fsp3) is 0.421. The number of nitrogens with one attached hydrogen (secondary N) is 1. The van der Waals surface area contributed by atoms with E-state index >= 15 is 0 Å². The Morgan fingerprint density at radius 3 is 2.76 bits per heavy atom. The minimum atomic E-state index is -0.0307. The second-order valence-corrected chi connectivity index (χ2v) is 6.73. The predicted molar refractivity (Wildman–Crippen MR) is 98.6 cm³/mol. The zero-order valence-corrected chi connectivity index (χ0v) is 15.6. The first kappa shape index (κ1) is 17.2. The van der Waals surface area contributed by atoms with Gasteiger partial charge in [-0.25, -0.2) is 0 Å². The molecule has 0 radical (unpaired) electrons. The molecule has 6 nitrogen and oxygen atoms in total. The van der Waals surface area contributed by atoms with E-state index in [9.17, 15) is 4.79 Å². The van der Waals surface area contributed by atoms with Crippen molar-refractivity contribution in [2.24, 2.45) is 0 Å². The van der Waals surface area contributed by atoms with Gasteiger partial charge in [-0.1, -0.05) is 18.6 Å². The van der Waals surface area contributed by atoms with Crippen molar-refractivity contribution in [3.05, 3.63) is 46.7 Å². The van der Waals surface area contributed by atoms with E-state index in [1.165, 1.54) is 5.56 Å². The number of hydrogen-bond acceptors (Lipinski definition) is 3. The van der Waals surface area contributed by atoms with Crippen LogP contribution in [0.3, 0.4) is 0 Å². The van der Waals surface area contributed by atoms with E-state index in [1.54, 1.807) is 18.3 Å². The molecular formula is C19H25N5O. The number of H-pyrrole nitrogens is 1. The van der Waals surface area contributed by atoms with E-state index < -0.39 is 0 Å². The molecule has 0 aliphatic heterocycles. The molecule has 25 heavy (non-hydrogen) atoms. The Balaban J connectivity index is 1.90. The van der Waals surface area contributed by atoms with Gasteiger partial charge < -0.3 is 14.5 Å². The fourth-order valence-corrected chi connectivity index (χ4v) is 3.30. The third kappa shape index (κ3) is 3.16. The lowest BCUT2D eigenvalue weighted by Crippen LogP contribution is -2.28. The van der Waals surface area contributed by atoms with Gasteiger partial charge in [-0.3, -0.25) is 4.79 Å². The van der Waals surface area contributed by atoms with E-state index in [-0.39, 0.29) is 5.91 Å². The third-order valence-electron chi connectivity index (χ3n) is 4.61. The highest BCUT2D eigenvalue weighted by Crippen LogP contribution is 2.26. The van der Waals surface area contributed by atoms with E-state index in [0.29, 0.717) is 12.2 Å². The number of carbonyl (C=O) groups is 1. The number of aryl methyl sites for hydroxylation is 4. The molecule has 3 aromatic rings. The van der Waals surface area contributed by atoms with Gasteiger partial charge in [0, 0.05) is 24.5 Å². The standard InChI is InChI=1S/C19H25N5O/c1-6-7-24-11-20-22-16(24)10-23(5)19(25)18-14(4)15-9-12(2)8-13(3)17(15)21-18/h8-9,11,21H,6-7,10H2,1-5H3. The molecule has 0 spiro atoms. The van der Waals surface area contributed by atoms with Gasteiger partial charge in [-0.05, 0) is 44.4 Å². The Kier molecular flexibility index (Phi) is 4.61. The molecule has 0 fully saturated rings. The molecule has 0 bridgehead atoms. The summed E-state index contributed by atoms with van der Waals surface area (Å²) in [6.45, 7) is 9.54. The average Bonchev–Trinajstić information content (AvgIpc) is 3.13. The van der Waals surface area contributed by atoms with Gasteiger partial charge in [0.05, 0.1) is 6.54 Å². The smallest absolute Gasteiger partial charge is 0.270 e. The maximum absolute atomic E-state index is 13.0. The van der Waals surface area contributed by atoms with Gasteiger partial charge in [0.15, 0.2) is 5.82 Å². The summed E-state index contributed by atoms with van der Waals surface area (Å²) < 4.78 is 2.00. The zero-order valence-electron chi connectivity index (χ0n) is 15.6. The number of nitrogens with zero attached hydrogens (tertiary/aromatic N) is 4. The minimum absolute atomic E-state index is 0.0307. The van der Waals surface area contributed by atoms with E-state index in [0.717, 1.165) is 40.8 Å². The molecule has 0 unspecified atom stereocenters. The van der Waals surface area contributed by atoms with Crippen LogP contribution in [0.15, 0.2) is 18.5 Å². The summed E-state index contributed by atoms with van der Waals surface area (Å²) in [5.41, 5.74) is 5.03. The Hall–Kier alpha value is -2.63.